The predicted molar refractivity (Wildman–Crippen MR) is 120 cm³/mol. The molecule has 10 nitrogen and oxygen atoms in total. The number of carbonyl (C=O) groups is 2. The van der Waals surface area contributed by atoms with E-state index >= 15 is 0 Å². The summed E-state index contributed by atoms with van der Waals surface area (Å²) < 4.78 is 53.4. The van der Waals surface area contributed by atoms with Crippen molar-refractivity contribution in [3.8, 4) is 11.1 Å². The fourth-order valence-corrected chi connectivity index (χ4v) is 3.62. The average Bonchev–Trinajstić information content (AvgIpc) is 3.19. The van der Waals surface area contributed by atoms with Gasteiger partial charge in [-0.25, -0.2) is 32.0 Å². The molecule has 0 saturated heterocycles. The van der Waals surface area contributed by atoms with Gasteiger partial charge in [-0.3, -0.25) is 14.6 Å². The summed E-state index contributed by atoms with van der Waals surface area (Å²) in [5.74, 6) is -4.71. The number of carboxylic acid groups (broad SMARTS) is 1. The molecule has 34 heavy (non-hydrogen) atoms. The van der Waals surface area contributed by atoms with Crippen LogP contribution in [0, 0.1) is 11.6 Å². The van der Waals surface area contributed by atoms with Gasteiger partial charge in [-0.2, -0.15) is 5.10 Å². The van der Waals surface area contributed by atoms with Crippen LogP contribution in [0.5, 0.6) is 0 Å². The predicted octanol–water partition coefficient (Wildman–Crippen LogP) is 3.02. The molecule has 3 aromatic heterocycles. The highest BCUT2D eigenvalue weighted by Gasteiger charge is 2.25. The molecule has 3 N–H and O–H groups in total. The first-order valence-corrected chi connectivity index (χ1v) is 11.0. The molecule has 0 fully saturated rings. The van der Waals surface area contributed by atoms with Crippen LogP contribution >= 0.6 is 12.4 Å². The number of rotatable bonds is 6. The molecule has 14 heteroatoms. The van der Waals surface area contributed by atoms with Gasteiger partial charge >= 0.3 is 5.97 Å². The maximum atomic E-state index is 14.9. The number of sulfonamides is 1. The zero-order valence-corrected chi connectivity index (χ0v) is 18.7. The van der Waals surface area contributed by atoms with Crippen LogP contribution in [0.25, 0.3) is 22.2 Å². The minimum Gasteiger partial charge on any atom is -0.477 e. The molecule has 0 aliphatic heterocycles. The van der Waals surface area contributed by atoms with Crippen molar-refractivity contribution in [2.45, 2.75) is 0 Å². The lowest BCUT2D eigenvalue weighted by Crippen LogP contribution is -2.15. The van der Waals surface area contributed by atoms with E-state index in [4.69, 9.17) is 5.11 Å². The Hall–Kier alpha value is -3.97. The van der Waals surface area contributed by atoms with Crippen molar-refractivity contribution in [1.82, 2.24) is 20.2 Å². The molecule has 0 aliphatic rings. The van der Waals surface area contributed by atoms with E-state index in [-0.39, 0.29) is 34.8 Å². The number of hydrogen-bond acceptors (Lipinski definition) is 7. The standard InChI is InChI=1S/C20H13F2N5O5S.ClH/c1-33(31,32)27-17-13(21)4-3-11(15(17)22)18(28)16-12-6-10(8-24-19(12)26-25-16)9-2-5-14(20(29)30)23-7-9;/h2-8,27H,1H3,(H,29,30)(H,24,25,26);1H. The molecule has 4 aromatic rings. The molecule has 0 unspecified atom stereocenters. The van der Waals surface area contributed by atoms with Gasteiger partial charge in [0.1, 0.15) is 22.9 Å². The Morgan fingerprint density at radius 1 is 1.06 bits per heavy atom. The van der Waals surface area contributed by atoms with Gasteiger partial charge in [0.25, 0.3) is 0 Å². The van der Waals surface area contributed by atoms with Crippen molar-refractivity contribution in [2.24, 2.45) is 0 Å². The van der Waals surface area contributed by atoms with Gasteiger partial charge in [0.15, 0.2) is 11.5 Å². The van der Waals surface area contributed by atoms with Gasteiger partial charge in [0, 0.05) is 23.5 Å². The Bertz CT molecular complexity index is 1540. The maximum Gasteiger partial charge on any atom is 0.354 e. The molecule has 176 valence electrons. The lowest BCUT2D eigenvalue weighted by Gasteiger charge is -2.09. The van der Waals surface area contributed by atoms with E-state index in [0.717, 1.165) is 12.1 Å². The van der Waals surface area contributed by atoms with Gasteiger partial charge in [-0.05, 0) is 24.3 Å². The number of aromatic amines is 1. The number of anilines is 1. The molecule has 0 spiro atoms. The number of nitrogens with one attached hydrogen (secondary N) is 2. The number of fused-ring (bicyclic) bond motifs is 1. The number of ketones is 1. The number of carboxylic acids is 1. The monoisotopic (exact) mass is 509 g/mol. The smallest absolute Gasteiger partial charge is 0.354 e. The van der Waals surface area contributed by atoms with E-state index < -0.39 is 44.7 Å². The van der Waals surface area contributed by atoms with Crippen LogP contribution in [-0.2, 0) is 10.0 Å². The molecule has 0 aliphatic carbocycles. The molecule has 3 heterocycles. The highest BCUT2D eigenvalue weighted by molar-refractivity contribution is 7.92. The molecule has 4 rings (SSSR count). The third kappa shape index (κ3) is 4.70. The van der Waals surface area contributed by atoms with Crippen LogP contribution in [0.3, 0.4) is 0 Å². The zero-order valence-electron chi connectivity index (χ0n) is 17.0. The van der Waals surface area contributed by atoms with Gasteiger partial charge < -0.3 is 5.11 Å². The lowest BCUT2D eigenvalue weighted by molar-refractivity contribution is 0.0690. The topological polar surface area (TPSA) is 155 Å². The van der Waals surface area contributed by atoms with E-state index in [0.29, 0.717) is 17.4 Å². The first kappa shape index (κ1) is 24.7. The molecule has 0 bridgehead atoms. The van der Waals surface area contributed by atoms with Gasteiger partial charge in [-0.1, -0.05) is 6.07 Å². The van der Waals surface area contributed by atoms with Crippen LogP contribution < -0.4 is 4.72 Å². The third-order valence-electron chi connectivity index (χ3n) is 4.57. The van der Waals surface area contributed by atoms with Crippen molar-refractivity contribution in [1.29, 1.82) is 0 Å². The number of aromatic carboxylic acids is 1. The summed E-state index contributed by atoms with van der Waals surface area (Å²) in [7, 11) is -4.01. The summed E-state index contributed by atoms with van der Waals surface area (Å²) in [6, 6.07) is 5.97. The zero-order chi connectivity index (χ0) is 23.9. The summed E-state index contributed by atoms with van der Waals surface area (Å²) in [6.45, 7) is 0. The number of halogens is 3. The molecule has 1 aromatic carbocycles. The minimum atomic E-state index is -4.01. The van der Waals surface area contributed by atoms with Crippen LogP contribution in [0.1, 0.15) is 26.5 Å². The minimum absolute atomic E-state index is 0. The summed E-state index contributed by atoms with van der Waals surface area (Å²) >= 11 is 0. The second kappa shape index (κ2) is 9.11. The molecule has 0 radical (unpaired) electrons. The molecular formula is C20H14ClF2N5O5S. The van der Waals surface area contributed by atoms with Crippen LogP contribution in [0.2, 0.25) is 0 Å². The van der Waals surface area contributed by atoms with E-state index in [1.807, 2.05) is 0 Å². The fraction of sp³-hybridized carbons (Fsp3) is 0.0500. The van der Waals surface area contributed by atoms with Crippen molar-refractivity contribution < 1.29 is 31.9 Å². The van der Waals surface area contributed by atoms with Crippen LogP contribution in [0.15, 0.2) is 42.7 Å². The third-order valence-corrected chi connectivity index (χ3v) is 5.15. The lowest BCUT2D eigenvalue weighted by atomic mass is 10.0. The fourth-order valence-electron chi connectivity index (χ4n) is 3.06. The Labute approximate surface area is 196 Å². The van der Waals surface area contributed by atoms with Crippen LogP contribution in [0.4, 0.5) is 14.5 Å². The van der Waals surface area contributed by atoms with Gasteiger partial charge in [0.2, 0.25) is 15.8 Å². The van der Waals surface area contributed by atoms with E-state index in [1.54, 1.807) is 4.72 Å². The van der Waals surface area contributed by atoms with Crippen molar-refractivity contribution >= 4 is 50.9 Å². The number of nitrogens with zero attached hydrogens (tertiary/aromatic N) is 3. The second-order valence-corrected chi connectivity index (χ2v) is 8.67. The van der Waals surface area contributed by atoms with E-state index in [1.165, 1.54) is 30.6 Å². The first-order chi connectivity index (χ1) is 15.5. The number of hydrogen-bond donors (Lipinski definition) is 3. The highest BCUT2D eigenvalue weighted by atomic mass is 35.5. The summed E-state index contributed by atoms with van der Waals surface area (Å²) in [5.41, 5.74) is -0.791. The number of H-pyrrole nitrogens is 1. The molecule has 0 saturated carbocycles. The van der Waals surface area contributed by atoms with Crippen molar-refractivity contribution in [3.05, 3.63) is 71.3 Å². The highest BCUT2D eigenvalue weighted by Crippen LogP contribution is 2.28. The SMILES string of the molecule is CS(=O)(=O)Nc1c(F)ccc(C(=O)c2n[nH]c3ncc(-c4ccc(C(=O)O)nc4)cc23)c1F.Cl. The normalized spacial score (nSPS) is 11.1. The van der Waals surface area contributed by atoms with Crippen molar-refractivity contribution in [2.75, 3.05) is 11.0 Å². The first-order valence-electron chi connectivity index (χ1n) is 9.09. The number of carbonyl (C=O) groups excluding carboxylic acids is 1. The van der Waals surface area contributed by atoms with Gasteiger partial charge in [-0.15, -0.1) is 12.4 Å². The van der Waals surface area contributed by atoms with Crippen LogP contribution in [-0.4, -0.2) is 51.7 Å². The Morgan fingerprint density at radius 3 is 2.38 bits per heavy atom. The maximum absolute atomic E-state index is 14.9. The van der Waals surface area contributed by atoms with E-state index in [2.05, 4.69) is 20.2 Å². The molecule has 0 atom stereocenters. The Kier molecular flexibility index (Phi) is 6.61. The molecule has 0 amide bonds. The van der Waals surface area contributed by atoms with Crippen molar-refractivity contribution in [3.63, 3.8) is 0 Å². The largest absolute Gasteiger partial charge is 0.477 e. The number of aromatic nitrogens is 4. The number of benzene rings is 1. The second-order valence-electron chi connectivity index (χ2n) is 6.92. The summed E-state index contributed by atoms with van der Waals surface area (Å²) in [5, 5.41) is 15.6. The number of pyridine rings is 2. The summed E-state index contributed by atoms with van der Waals surface area (Å²) in [4.78, 5) is 32.0. The quantitative estimate of drug-likeness (QED) is 0.335. The van der Waals surface area contributed by atoms with Gasteiger partial charge in [0.05, 0.1) is 17.2 Å². The van der Waals surface area contributed by atoms with E-state index in [9.17, 15) is 26.8 Å². The summed E-state index contributed by atoms with van der Waals surface area (Å²) in [6.07, 6.45) is 3.47. The molecular weight excluding hydrogens is 496 g/mol. The Balaban J connectivity index is 0.00000324. The average molecular weight is 510 g/mol. The Morgan fingerprint density at radius 2 is 1.76 bits per heavy atom.